The number of hydrogen-bond acceptors (Lipinski definition) is 3. The van der Waals surface area contributed by atoms with E-state index in [0.29, 0.717) is 6.04 Å². The molecular formula is C12H27Cl2N3O. The van der Waals surface area contributed by atoms with Crippen LogP contribution in [-0.4, -0.2) is 54.0 Å². The summed E-state index contributed by atoms with van der Waals surface area (Å²) in [5, 5.41) is 0. The van der Waals surface area contributed by atoms with Gasteiger partial charge >= 0.3 is 0 Å². The number of halogens is 2. The molecule has 0 aromatic carbocycles. The number of carbonyl (C=O) groups is 1. The van der Waals surface area contributed by atoms with Crippen LogP contribution in [0.1, 0.15) is 27.7 Å². The van der Waals surface area contributed by atoms with Crippen LogP contribution in [0.3, 0.4) is 0 Å². The van der Waals surface area contributed by atoms with Crippen LogP contribution >= 0.6 is 24.8 Å². The van der Waals surface area contributed by atoms with E-state index >= 15 is 0 Å². The third-order valence-electron chi connectivity index (χ3n) is 3.53. The van der Waals surface area contributed by atoms with Gasteiger partial charge in [0.15, 0.2) is 0 Å². The fraction of sp³-hybridized carbons (Fsp3) is 0.917. The Morgan fingerprint density at radius 2 is 1.44 bits per heavy atom. The molecule has 0 spiro atoms. The minimum Gasteiger partial charge on any atom is -0.340 e. The first-order valence-corrected chi connectivity index (χ1v) is 6.22. The summed E-state index contributed by atoms with van der Waals surface area (Å²) in [4.78, 5) is 16.4. The van der Waals surface area contributed by atoms with Crippen molar-refractivity contribution < 1.29 is 4.79 Å². The van der Waals surface area contributed by atoms with Crippen LogP contribution in [0.4, 0.5) is 0 Å². The van der Waals surface area contributed by atoms with Gasteiger partial charge in [-0.1, -0.05) is 6.92 Å². The van der Waals surface area contributed by atoms with Gasteiger partial charge < -0.3 is 10.6 Å². The van der Waals surface area contributed by atoms with Crippen molar-refractivity contribution in [1.82, 2.24) is 9.80 Å². The molecule has 0 aliphatic carbocycles. The van der Waals surface area contributed by atoms with Gasteiger partial charge in [0, 0.05) is 38.3 Å². The Bertz CT molecular complexity index is 241. The fourth-order valence-electron chi connectivity index (χ4n) is 1.97. The summed E-state index contributed by atoms with van der Waals surface area (Å²) in [5.74, 6) is 0.143. The second-order valence-corrected chi connectivity index (χ2v) is 5.10. The number of rotatable bonds is 3. The average molecular weight is 300 g/mol. The highest BCUT2D eigenvalue weighted by molar-refractivity contribution is 5.85. The highest BCUT2D eigenvalue weighted by Crippen LogP contribution is 2.11. The Labute approximate surface area is 123 Å². The molecule has 1 aliphatic rings. The number of nitrogens with zero attached hydrogens (tertiary/aromatic N) is 2. The van der Waals surface area contributed by atoms with E-state index in [1.54, 1.807) is 0 Å². The maximum Gasteiger partial charge on any atom is 0.227 e. The van der Waals surface area contributed by atoms with Crippen molar-refractivity contribution in [3.63, 3.8) is 0 Å². The Hall–Kier alpha value is -0.0300. The van der Waals surface area contributed by atoms with Crippen molar-refractivity contribution in [1.29, 1.82) is 0 Å². The summed E-state index contributed by atoms with van der Waals surface area (Å²) >= 11 is 0. The van der Waals surface area contributed by atoms with Crippen molar-refractivity contribution >= 4 is 30.7 Å². The lowest BCUT2D eigenvalue weighted by Crippen LogP contribution is -2.53. The second-order valence-electron chi connectivity index (χ2n) is 5.10. The first kappa shape index (κ1) is 20.3. The summed E-state index contributed by atoms with van der Waals surface area (Å²) in [7, 11) is 0. The minimum absolute atomic E-state index is 0. The second kappa shape index (κ2) is 8.97. The lowest BCUT2D eigenvalue weighted by molar-refractivity contribution is -0.137. The van der Waals surface area contributed by atoms with Crippen LogP contribution in [0.25, 0.3) is 0 Å². The highest BCUT2D eigenvalue weighted by atomic mass is 35.5. The molecule has 1 fully saturated rings. The first-order valence-electron chi connectivity index (χ1n) is 6.22. The predicted molar refractivity (Wildman–Crippen MR) is 80.6 cm³/mol. The SMILES string of the molecule is CC(N)C(C)C(=O)N1CCN(C(C)C)CC1.Cl.Cl. The highest BCUT2D eigenvalue weighted by Gasteiger charge is 2.27. The van der Waals surface area contributed by atoms with Gasteiger partial charge in [-0.2, -0.15) is 0 Å². The molecule has 0 saturated carbocycles. The van der Waals surface area contributed by atoms with Crippen molar-refractivity contribution in [2.24, 2.45) is 11.7 Å². The number of carbonyl (C=O) groups excluding carboxylic acids is 1. The number of piperazine rings is 1. The molecule has 1 saturated heterocycles. The molecule has 4 nitrogen and oxygen atoms in total. The molecule has 0 aromatic rings. The van der Waals surface area contributed by atoms with Gasteiger partial charge in [-0.05, 0) is 20.8 Å². The molecule has 18 heavy (non-hydrogen) atoms. The van der Waals surface area contributed by atoms with Gasteiger partial charge in [0.05, 0.1) is 5.92 Å². The van der Waals surface area contributed by atoms with E-state index in [2.05, 4.69) is 18.7 Å². The Morgan fingerprint density at radius 1 is 1.00 bits per heavy atom. The van der Waals surface area contributed by atoms with E-state index in [1.165, 1.54) is 0 Å². The van der Waals surface area contributed by atoms with Crippen LogP contribution < -0.4 is 5.73 Å². The molecule has 0 bridgehead atoms. The van der Waals surface area contributed by atoms with Gasteiger partial charge in [-0.3, -0.25) is 9.69 Å². The quantitative estimate of drug-likeness (QED) is 0.856. The van der Waals surface area contributed by atoms with Crippen LogP contribution in [0.5, 0.6) is 0 Å². The Balaban J connectivity index is 0. The summed E-state index contributed by atoms with van der Waals surface area (Å²) in [5.41, 5.74) is 5.76. The molecule has 2 N–H and O–H groups in total. The van der Waals surface area contributed by atoms with E-state index in [9.17, 15) is 4.79 Å². The third kappa shape index (κ3) is 5.31. The van der Waals surface area contributed by atoms with E-state index in [-0.39, 0.29) is 42.7 Å². The molecule has 2 unspecified atom stereocenters. The van der Waals surface area contributed by atoms with Crippen molar-refractivity contribution in [3.8, 4) is 0 Å². The Kier molecular flexibility index (Phi) is 10.1. The molecule has 1 aliphatic heterocycles. The van der Waals surface area contributed by atoms with Crippen LogP contribution in [0.15, 0.2) is 0 Å². The van der Waals surface area contributed by atoms with Gasteiger partial charge in [0.2, 0.25) is 5.91 Å². The van der Waals surface area contributed by atoms with Crippen molar-refractivity contribution in [2.75, 3.05) is 26.2 Å². The Morgan fingerprint density at radius 3 is 1.78 bits per heavy atom. The predicted octanol–water partition coefficient (Wildman–Crippen LogP) is 1.37. The molecule has 0 aromatic heterocycles. The number of amides is 1. The van der Waals surface area contributed by atoms with E-state index in [4.69, 9.17) is 5.73 Å². The molecule has 6 heteroatoms. The number of nitrogens with two attached hydrogens (primary N) is 1. The zero-order valence-electron chi connectivity index (χ0n) is 11.8. The maximum atomic E-state index is 12.0. The van der Waals surface area contributed by atoms with Crippen molar-refractivity contribution in [2.45, 2.75) is 39.8 Å². The topological polar surface area (TPSA) is 49.6 Å². The zero-order valence-corrected chi connectivity index (χ0v) is 13.4. The minimum atomic E-state index is -0.0643. The normalized spacial score (nSPS) is 19.8. The first-order chi connectivity index (χ1) is 7.43. The largest absolute Gasteiger partial charge is 0.340 e. The monoisotopic (exact) mass is 299 g/mol. The summed E-state index contributed by atoms with van der Waals surface area (Å²) in [6, 6.07) is 0.513. The third-order valence-corrected chi connectivity index (χ3v) is 3.53. The van der Waals surface area contributed by atoms with E-state index in [0.717, 1.165) is 26.2 Å². The van der Waals surface area contributed by atoms with Crippen LogP contribution in [0.2, 0.25) is 0 Å². The van der Waals surface area contributed by atoms with E-state index in [1.807, 2.05) is 18.7 Å². The standard InChI is InChI=1S/C12H25N3O.2ClH/c1-9(2)14-5-7-15(8-6-14)12(16)10(3)11(4)13;;/h9-11H,5-8,13H2,1-4H3;2*1H. The molecule has 2 atom stereocenters. The molecule has 0 radical (unpaired) electrons. The summed E-state index contributed by atoms with van der Waals surface area (Å²) in [6.07, 6.45) is 0. The molecule has 110 valence electrons. The lowest BCUT2D eigenvalue weighted by atomic mass is 10.0. The zero-order chi connectivity index (χ0) is 12.3. The molecule has 1 rings (SSSR count). The molecule has 1 heterocycles. The van der Waals surface area contributed by atoms with E-state index < -0.39 is 0 Å². The van der Waals surface area contributed by atoms with Crippen molar-refractivity contribution in [3.05, 3.63) is 0 Å². The molecule has 1 amide bonds. The van der Waals surface area contributed by atoms with Crippen LogP contribution in [0, 0.1) is 5.92 Å². The average Bonchev–Trinajstić information content (AvgIpc) is 2.27. The smallest absolute Gasteiger partial charge is 0.227 e. The summed E-state index contributed by atoms with van der Waals surface area (Å²) in [6.45, 7) is 11.9. The van der Waals surface area contributed by atoms with Gasteiger partial charge in [-0.25, -0.2) is 0 Å². The van der Waals surface area contributed by atoms with Crippen LogP contribution in [-0.2, 0) is 4.79 Å². The summed E-state index contributed by atoms with van der Waals surface area (Å²) < 4.78 is 0. The number of hydrogen-bond donors (Lipinski definition) is 1. The molecular weight excluding hydrogens is 273 g/mol. The maximum absolute atomic E-state index is 12.0. The van der Waals surface area contributed by atoms with Gasteiger partial charge in [0.25, 0.3) is 0 Å². The lowest BCUT2D eigenvalue weighted by Gasteiger charge is -2.38. The van der Waals surface area contributed by atoms with Gasteiger partial charge in [-0.15, -0.1) is 24.8 Å². The fourth-order valence-corrected chi connectivity index (χ4v) is 1.97. The van der Waals surface area contributed by atoms with Gasteiger partial charge in [0.1, 0.15) is 0 Å².